The lowest BCUT2D eigenvalue weighted by Gasteiger charge is -2.26. The zero-order valence-corrected chi connectivity index (χ0v) is 15.2. The number of ether oxygens (including phenoxy) is 1. The van der Waals surface area contributed by atoms with E-state index in [2.05, 4.69) is 15.3 Å². The number of hydrogen-bond donors (Lipinski definition) is 1. The Morgan fingerprint density at radius 2 is 2.08 bits per heavy atom. The van der Waals surface area contributed by atoms with E-state index in [1.807, 2.05) is 0 Å². The Morgan fingerprint density at radius 3 is 2.68 bits per heavy atom. The highest BCUT2D eigenvalue weighted by molar-refractivity contribution is 5.78. The molecule has 1 saturated heterocycles. The van der Waals surface area contributed by atoms with Crippen molar-refractivity contribution in [2.45, 2.75) is 33.7 Å². The Morgan fingerprint density at radius 1 is 1.40 bits per heavy atom. The second kappa shape index (κ2) is 8.91. The SMILES string of the molecule is Cc1nn(CC(C)C(=O)NCCCN2CCOCC2)c(C)c1[N+](=O)[O-]. The minimum atomic E-state index is -0.426. The average Bonchev–Trinajstić information content (AvgIpc) is 2.86. The molecule has 1 atom stereocenters. The Hall–Kier alpha value is -2.00. The second-order valence-electron chi connectivity index (χ2n) is 6.46. The van der Waals surface area contributed by atoms with Crippen LogP contribution in [-0.4, -0.2) is 64.9 Å². The van der Waals surface area contributed by atoms with Gasteiger partial charge in [0.15, 0.2) is 0 Å². The molecule has 1 aliphatic heterocycles. The molecular formula is C16H27N5O4. The van der Waals surface area contributed by atoms with Crippen molar-refractivity contribution in [2.75, 3.05) is 39.4 Å². The monoisotopic (exact) mass is 353 g/mol. The van der Waals surface area contributed by atoms with Crippen molar-refractivity contribution in [1.29, 1.82) is 0 Å². The summed E-state index contributed by atoms with van der Waals surface area (Å²) in [4.78, 5) is 25.2. The molecule has 140 valence electrons. The van der Waals surface area contributed by atoms with Crippen LogP contribution in [0.1, 0.15) is 24.7 Å². The van der Waals surface area contributed by atoms with E-state index in [9.17, 15) is 14.9 Å². The summed E-state index contributed by atoms with van der Waals surface area (Å²) >= 11 is 0. The first-order valence-electron chi connectivity index (χ1n) is 8.66. The number of nitro groups is 1. The van der Waals surface area contributed by atoms with Crippen LogP contribution in [0.5, 0.6) is 0 Å². The standard InChI is InChI=1S/C16H27N5O4/c1-12(11-20-14(3)15(21(23)24)13(2)18-20)16(22)17-5-4-6-19-7-9-25-10-8-19/h12H,4-11H2,1-3H3,(H,17,22). The van der Waals surface area contributed by atoms with Gasteiger partial charge in [0, 0.05) is 19.6 Å². The summed E-state index contributed by atoms with van der Waals surface area (Å²) in [7, 11) is 0. The normalized spacial score (nSPS) is 16.6. The molecule has 1 unspecified atom stereocenters. The fourth-order valence-corrected chi connectivity index (χ4v) is 2.99. The molecule has 2 rings (SSSR count). The quantitative estimate of drug-likeness (QED) is 0.423. The van der Waals surface area contributed by atoms with Gasteiger partial charge in [-0.15, -0.1) is 0 Å². The first-order valence-corrected chi connectivity index (χ1v) is 8.66. The molecule has 2 heterocycles. The fraction of sp³-hybridized carbons (Fsp3) is 0.750. The fourth-order valence-electron chi connectivity index (χ4n) is 2.99. The van der Waals surface area contributed by atoms with E-state index in [1.54, 1.807) is 25.5 Å². The van der Waals surface area contributed by atoms with Crippen molar-refractivity contribution < 1.29 is 14.5 Å². The predicted octanol–water partition coefficient (Wildman–Crippen LogP) is 0.883. The van der Waals surface area contributed by atoms with Crippen molar-refractivity contribution in [3.63, 3.8) is 0 Å². The number of carbonyl (C=O) groups excluding carboxylic acids is 1. The number of aryl methyl sites for hydroxylation is 1. The molecule has 1 N–H and O–H groups in total. The van der Waals surface area contributed by atoms with E-state index in [1.165, 1.54) is 0 Å². The highest BCUT2D eigenvalue weighted by atomic mass is 16.6. The largest absolute Gasteiger partial charge is 0.379 e. The van der Waals surface area contributed by atoms with E-state index in [0.717, 1.165) is 39.3 Å². The molecule has 9 heteroatoms. The van der Waals surface area contributed by atoms with Gasteiger partial charge in [0.2, 0.25) is 5.91 Å². The lowest BCUT2D eigenvalue weighted by molar-refractivity contribution is -0.386. The van der Waals surface area contributed by atoms with E-state index < -0.39 is 4.92 Å². The number of rotatable bonds is 8. The number of carbonyl (C=O) groups is 1. The molecule has 1 amide bonds. The maximum atomic E-state index is 12.2. The Labute approximate surface area is 147 Å². The van der Waals surface area contributed by atoms with Crippen LogP contribution in [0.2, 0.25) is 0 Å². The maximum Gasteiger partial charge on any atom is 0.312 e. The van der Waals surface area contributed by atoms with Crippen LogP contribution in [-0.2, 0) is 16.1 Å². The number of nitrogens with one attached hydrogen (secondary N) is 1. The van der Waals surface area contributed by atoms with Gasteiger partial charge in [-0.05, 0) is 26.8 Å². The van der Waals surface area contributed by atoms with E-state index in [0.29, 0.717) is 24.5 Å². The molecular weight excluding hydrogens is 326 g/mol. The minimum Gasteiger partial charge on any atom is -0.379 e. The molecule has 0 aliphatic carbocycles. The van der Waals surface area contributed by atoms with Crippen molar-refractivity contribution in [3.8, 4) is 0 Å². The van der Waals surface area contributed by atoms with Crippen LogP contribution >= 0.6 is 0 Å². The van der Waals surface area contributed by atoms with Gasteiger partial charge in [0.25, 0.3) is 0 Å². The molecule has 0 spiro atoms. The molecule has 0 aromatic carbocycles. The highest BCUT2D eigenvalue weighted by Gasteiger charge is 2.24. The van der Waals surface area contributed by atoms with Gasteiger partial charge in [-0.1, -0.05) is 6.92 Å². The van der Waals surface area contributed by atoms with Crippen LogP contribution in [0.15, 0.2) is 0 Å². The molecule has 9 nitrogen and oxygen atoms in total. The minimum absolute atomic E-state index is 0.0260. The smallest absolute Gasteiger partial charge is 0.312 e. The van der Waals surface area contributed by atoms with Gasteiger partial charge in [-0.2, -0.15) is 5.10 Å². The first-order chi connectivity index (χ1) is 11.9. The molecule has 0 saturated carbocycles. The van der Waals surface area contributed by atoms with Gasteiger partial charge in [0.05, 0.1) is 30.6 Å². The zero-order chi connectivity index (χ0) is 18.4. The second-order valence-corrected chi connectivity index (χ2v) is 6.46. The molecule has 1 aliphatic rings. The van der Waals surface area contributed by atoms with Crippen molar-refractivity contribution in [3.05, 3.63) is 21.5 Å². The molecule has 0 radical (unpaired) electrons. The van der Waals surface area contributed by atoms with E-state index in [4.69, 9.17) is 4.74 Å². The first kappa shape index (κ1) is 19.3. The summed E-state index contributed by atoms with van der Waals surface area (Å²) in [5.41, 5.74) is 0.883. The van der Waals surface area contributed by atoms with Crippen LogP contribution in [0.4, 0.5) is 5.69 Å². The van der Waals surface area contributed by atoms with Crippen LogP contribution < -0.4 is 5.32 Å². The summed E-state index contributed by atoms with van der Waals surface area (Å²) < 4.78 is 6.85. The van der Waals surface area contributed by atoms with Gasteiger partial charge in [-0.25, -0.2) is 0 Å². The third-order valence-corrected chi connectivity index (χ3v) is 4.47. The number of aromatic nitrogens is 2. The number of nitrogens with zero attached hydrogens (tertiary/aromatic N) is 4. The Bertz CT molecular complexity index is 610. The molecule has 0 bridgehead atoms. The Balaban J connectivity index is 1.76. The lowest BCUT2D eigenvalue weighted by Crippen LogP contribution is -2.39. The number of morpholine rings is 1. The third-order valence-electron chi connectivity index (χ3n) is 4.47. The van der Waals surface area contributed by atoms with Crippen LogP contribution in [0, 0.1) is 29.9 Å². The summed E-state index contributed by atoms with van der Waals surface area (Å²) in [6.45, 7) is 10.4. The van der Waals surface area contributed by atoms with Gasteiger partial charge < -0.3 is 10.1 Å². The molecule has 25 heavy (non-hydrogen) atoms. The lowest BCUT2D eigenvalue weighted by atomic mass is 10.1. The predicted molar refractivity (Wildman–Crippen MR) is 92.4 cm³/mol. The highest BCUT2D eigenvalue weighted by Crippen LogP contribution is 2.22. The molecule has 1 aromatic heterocycles. The summed E-state index contributed by atoms with van der Waals surface area (Å²) in [5.74, 6) is -0.363. The molecule has 1 fully saturated rings. The summed E-state index contributed by atoms with van der Waals surface area (Å²) in [6, 6.07) is 0. The number of amides is 1. The van der Waals surface area contributed by atoms with Crippen molar-refractivity contribution in [1.82, 2.24) is 20.0 Å². The zero-order valence-electron chi connectivity index (χ0n) is 15.2. The van der Waals surface area contributed by atoms with Crippen LogP contribution in [0.3, 0.4) is 0 Å². The van der Waals surface area contributed by atoms with E-state index >= 15 is 0 Å². The Kier molecular flexibility index (Phi) is 6.89. The van der Waals surface area contributed by atoms with Gasteiger partial charge in [-0.3, -0.25) is 24.5 Å². The van der Waals surface area contributed by atoms with Crippen molar-refractivity contribution in [2.24, 2.45) is 5.92 Å². The van der Waals surface area contributed by atoms with E-state index in [-0.39, 0.29) is 17.5 Å². The topological polar surface area (TPSA) is 103 Å². The number of hydrogen-bond acceptors (Lipinski definition) is 6. The third kappa shape index (κ3) is 5.23. The summed E-state index contributed by atoms with van der Waals surface area (Å²) in [6.07, 6.45) is 0.893. The van der Waals surface area contributed by atoms with Gasteiger partial charge >= 0.3 is 5.69 Å². The van der Waals surface area contributed by atoms with Gasteiger partial charge in [0.1, 0.15) is 11.4 Å². The van der Waals surface area contributed by atoms with Crippen LogP contribution in [0.25, 0.3) is 0 Å². The summed E-state index contributed by atoms with van der Waals surface area (Å²) in [5, 5.41) is 18.2. The maximum absolute atomic E-state index is 12.2. The van der Waals surface area contributed by atoms with Crippen molar-refractivity contribution >= 4 is 11.6 Å². The molecule has 1 aromatic rings. The average molecular weight is 353 g/mol.